The number of rotatable bonds is 5. The maximum atomic E-state index is 12.1. The molecule has 1 aromatic rings. The summed E-state index contributed by atoms with van der Waals surface area (Å²) in [6.07, 6.45) is 0. The van der Waals surface area contributed by atoms with Gasteiger partial charge in [0.25, 0.3) is 0 Å². The van der Waals surface area contributed by atoms with Crippen molar-refractivity contribution in [2.24, 2.45) is 0 Å². The molecule has 1 N–H and O–H groups in total. The largest absolute Gasteiger partial charge is 0.497 e. The van der Waals surface area contributed by atoms with Gasteiger partial charge in [0.15, 0.2) is 0 Å². The topological polar surface area (TPSA) is 66.8 Å². The number of hydrogen-bond donors (Lipinski definition) is 1. The molecular weight excluding hydrogens is 242 g/mol. The minimum Gasteiger partial charge on any atom is -0.497 e. The highest BCUT2D eigenvalue weighted by molar-refractivity contribution is 7.89. The Bertz CT molecular complexity index is 455. The van der Waals surface area contributed by atoms with E-state index < -0.39 is 16.1 Å². The van der Waals surface area contributed by atoms with E-state index in [0.717, 1.165) is 4.31 Å². The maximum Gasteiger partial charge on any atom is 0.243 e. The van der Waals surface area contributed by atoms with Crippen LogP contribution in [0.5, 0.6) is 5.75 Å². The number of hydrogen-bond acceptors (Lipinski definition) is 4. The Balaban J connectivity index is 3.04. The van der Waals surface area contributed by atoms with Crippen LogP contribution in [0.4, 0.5) is 0 Å². The lowest BCUT2D eigenvalue weighted by atomic mass is 10.3. The number of aliphatic hydroxyl groups excluding tert-OH is 1. The van der Waals surface area contributed by atoms with Crippen molar-refractivity contribution >= 4 is 10.0 Å². The first kappa shape index (κ1) is 14.0. The fourth-order valence-electron chi connectivity index (χ4n) is 1.27. The molecular formula is C11H17NO4S. The molecule has 0 aliphatic carbocycles. The van der Waals surface area contributed by atoms with Crippen molar-refractivity contribution in [3.05, 3.63) is 24.3 Å². The second-order valence-corrected chi connectivity index (χ2v) is 5.73. The van der Waals surface area contributed by atoms with E-state index >= 15 is 0 Å². The average molecular weight is 259 g/mol. The van der Waals surface area contributed by atoms with Gasteiger partial charge in [-0.1, -0.05) is 0 Å². The summed E-state index contributed by atoms with van der Waals surface area (Å²) >= 11 is 0. The number of nitrogens with zero attached hydrogens (tertiary/aromatic N) is 1. The van der Waals surface area contributed by atoms with Crippen LogP contribution in [0.15, 0.2) is 29.2 Å². The first-order chi connectivity index (χ1) is 7.93. The zero-order valence-corrected chi connectivity index (χ0v) is 10.9. The molecule has 1 unspecified atom stereocenters. The van der Waals surface area contributed by atoms with Gasteiger partial charge in [0.1, 0.15) is 5.75 Å². The predicted molar refractivity (Wildman–Crippen MR) is 64.5 cm³/mol. The summed E-state index contributed by atoms with van der Waals surface area (Å²) in [5.74, 6) is 0.599. The highest BCUT2D eigenvalue weighted by Crippen LogP contribution is 2.19. The zero-order valence-electron chi connectivity index (χ0n) is 10.1. The van der Waals surface area contributed by atoms with Gasteiger partial charge >= 0.3 is 0 Å². The Morgan fingerprint density at radius 1 is 1.35 bits per heavy atom. The first-order valence-corrected chi connectivity index (χ1v) is 6.60. The van der Waals surface area contributed by atoms with E-state index in [-0.39, 0.29) is 11.5 Å². The van der Waals surface area contributed by atoms with Crippen molar-refractivity contribution in [2.45, 2.75) is 17.9 Å². The summed E-state index contributed by atoms with van der Waals surface area (Å²) in [7, 11) is -0.595. The molecule has 0 heterocycles. The van der Waals surface area contributed by atoms with E-state index in [0.29, 0.717) is 5.75 Å². The Kier molecular flexibility index (Phi) is 4.50. The average Bonchev–Trinajstić information content (AvgIpc) is 2.36. The molecule has 0 spiro atoms. The Labute approximate surface area is 102 Å². The summed E-state index contributed by atoms with van der Waals surface area (Å²) < 4.78 is 30.3. The molecule has 0 radical (unpaired) electrons. The predicted octanol–water partition coefficient (Wildman–Crippen LogP) is 0.696. The summed E-state index contributed by atoms with van der Waals surface area (Å²) in [6.45, 7) is 1.42. The summed E-state index contributed by atoms with van der Waals surface area (Å²) in [4.78, 5) is 0.182. The third kappa shape index (κ3) is 2.96. The van der Waals surface area contributed by atoms with Crippen LogP contribution in [0.25, 0.3) is 0 Å². The Morgan fingerprint density at radius 3 is 2.29 bits per heavy atom. The van der Waals surface area contributed by atoms with Gasteiger partial charge in [-0.3, -0.25) is 0 Å². The number of ether oxygens (including phenoxy) is 1. The molecule has 1 rings (SSSR count). The van der Waals surface area contributed by atoms with Gasteiger partial charge < -0.3 is 9.84 Å². The fourth-order valence-corrected chi connectivity index (χ4v) is 2.62. The molecule has 0 aromatic heterocycles. The highest BCUT2D eigenvalue weighted by Gasteiger charge is 2.24. The highest BCUT2D eigenvalue weighted by atomic mass is 32.2. The Hall–Kier alpha value is -1.11. The van der Waals surface area contributed by atoms with Crippen molar-refractivity contribution in [2.75, 3.05) is 20.8 Å². The van der Waals surface area contributed by atoms with Gasteiger partial charge in [-0.15, -0.1) is 0 Å². The van der Waals surface area contributed by atoms with E-state index in [9.17, 15) is 8.42 Å². The summed E-state index contributed by atoms with van der Waals surface area (Å²) in [5, 5.41) is 8.97. The molecule has 0 fully saturated rings. The normalized spacial score (nSPS) is 13.7. The van der Waals surface area contributed by atoms with Gasteiger partial charge in [-0.25, -0.2) is 8.42 Å². The van der Waals surface area contributed by atoms with E-state index in [1.165, 1.54) is 26.3 Å². The van der Waals surface area contributed by atoms with Crippen LogP contribution >= 0.6 is 0 Å². The molecule has 0 aliphatic rings. The monoisotopic (exact) mass is 259 g/mol. The first-order valence-electron chi connectivity index (χ1n) is 5.16. The van der Waals surface area contributed by atoms with Crippen LogP contribution in [-0.4, -0.2) is 44.6 Å². The van der Waals surface area contributed by atoms with Gasteiger partial charge in [0.2, 0.25) is 10.0 Å². The molecule has 6 heteroatoms. The van der Waals surface area contributed by atoms with Crippen molar-refractivity contribution in [1.29, 1.82) is 0 Å². The van der Waals surface area contributed by atoms with Crippen LogP contribution in [0.3, 0.4) is 0 Å². The molecule has 0 amide bonds. The van der Waals surface area contributed by atoms with Gasteiger partial charge in [0.05, 0.1) is 18.6 Å². The molecule has 1 aromatic carbocycles. The van der Waals surface area contributed by atoms with Crippen LogP contribution in [0.2, 0.25) is 0 Å². The van der Waals surface area contributed by atoms with Crippen molar-refractivity contribution in [3.63, 3.8) is 0 Å². The number of aliphatic hydroxyl groups is 1. The SMILES string of the molecule is COc1ccc(S(=O)(=O)N(C)C(C)CO)cc1. The second-order valence-electron chi connectivity index (χ2n) is 3.73. The summed E-state index contributed by atoms with van der Waals surface area (Å²) in [5.41, 5.74) is 0. The second kappa shape index (κ2) is 5.48. The van der Waals surface area contributed by atoms with Crippen LogP contribution in [0.1, 0.15) is 6.92 Å². The van der Waals surface area contributed by atoms with Crippen LogP contribution in [-0.2, 0) is 10.0 Å². The molecule has 0 bridgehead atoms. The lowest BCUT2D eigenvalue weighted by molar-refractivity contribution is 0.214. The molecule has 5 nitrogen and oxygen atoms in total. The summed E-state index contributed by atoms with van der Waals surface area (Å²) in [6, 6.07) is 5.68. The third-order valence-electron chi connectivity index (χ3n) is 2.62. The number of sulfonamides is 1. The standard InChI is InChI=1S/C11H17NO4S/c1-9(8-13)12(2)17(14,15)11-6-4-10(16-3)5-7-11/h4-7,9,13H,8H2,1-3H3. The minimum atomic E-state index is -3.56. The van der Waals surface area contributed by atoms with E-state index in [4.69, 9.17) is 9.84 Å². The van der Waals surface area contributed by atoms with E-state index in [2.05, 4.69) is 0 Å². The van der Waals surface area contributed by atoms with E-state index in [1.807, 2.05) is 0 Å². The lowest BCUT2D eigenvalue weighted by Gasteiger charge is -2.22. The maximum absolute atomic E-state index is 12.1. The van der Waals surface area contributed by atoms with Crippen LogP contribution < -0.4 is 4.74 Å². The smallest absolute Gasteiger partial charge is 0.243 e. The molecule has 0 saturated carbocycles. The van der Waals surface area contributed by atoms with E-state index in [1.54, 1.807) is 19.1 Å². The van der Waals surface area contributed by atoms with Crippen molar-refractivity contribution in [1.82, 2.24) is 4.31 Å². The van der Waals surface area contributed by atoms with Gasteiger partial charge in [-0.2, -0.15) is 4.31 Å². The van der Waals surface area contributed by atoms with Crippen LogP contribution in [0, 0.1) is 0 Å². The third-order valence-corrected chi connectivity index (χ3v) is 4.61. The van der Waals surface area contributed by atoms with Gasteiger partial charge in [-0.05, 0) is 31.2 Å². The number of methoxy groups -OCH3 is 1. The quantitative estimate of drug-likeness (QED) is 0.845. The lowest BCUT2D eigenvalue weighted by Crippen LogP contribution is -2.37. The molecule has 0 aliphatic heterocycles. The molecule has 96 valence electrons. The zero-order chi connectivity index (χ0) is 13.1. The Morgan fingerprint density at radius 2 is 1.88 bits per heavy atom. The number of benzene rings is 1. The number of likely N-dealkylation sites (N-methyl/N-ethyl adjacent to an activating group) is 1. The van der Waals surface area contributed by atoms with Gasteiger partial charge in [0, 0.05) is 13.1 Å². The fraction of sp³-hybridized carbons (Fsp3) is 0.455. The van der Waals surface area contributed by atoms with Crippen molar-refractivity contribution < 1.29 is 18.3 Å². The minimum absolute atomic E-state index is 0.182. The van der Waals surface area contributed by atoms with Crippen molar-refractivity contribution in [3.8, 4) is 5.75 Å². The molecule has 1 atom stereocenters. The molecule has 17 heavy (non-hydrogen) atoms. The molecule has 0 saturated heterocycles.